The van der Waals surface area contributed by atoms with E-state index in [1.165, 1.54) is 0 Å². The molecule has 2 aromatic heterocycles. The summed E-state index contributed by atoms with van der Waals surface area (Å²) in [5.74, 6) is -0.478. The lowest BCUT2D eigenvalue weighted by atomic mass is 9.75. The van der Waals surface area contributed by atoms with Crippen LogP contribution in [0.2, 0.25) is 0 Å². The number of cyclic esters (lactones) is 1. The Kier molecular flexibility index (Phi) is 3.30. The second-order valence-corrected chi connectivity index (χ2v) is 7.17. The molecule has 6 heteroatoms. The third-order valence-corrected chi connectivity index (χ3v) is 5.90. The molecule has 3 aromatic rings. The van der Waals surface area contributed by atoms with E-state index in [0.29, 0.717) is 29.8 Å². The fourth-order valence-corrected chi connectivity index (χ4v) is 4.26. The van der Waals surface area contributed by atoms with E-state index in [0.717, 1.165) is 22.2 Å². The summed E-state index contributed by atoms with van der Waals surface area (Å²) in [5, 5.41) is 11.0. The van der Waals surface area contributed by atoms with Crippen LogP contribution in [0.15, 0.2) is 41.2 Å². The number of aliphatic hydroxyl groups is 1. The Balaban J connectivity index is 1.81. The van der Waals surface area contributed by atoms with Crippen molar-refractivity contribution in [2.45, 2.75) is 31.9 Å². The second-order valence-electron chi connectivity index (χ2n) is 7.17. The number of rotatable bonds is 2. The van der Waals surface area contributed by atoms with Crippen molar-refractivity contribution in [2.24, 2.45) is 0 Å². The van der Waals surface area contributed by atoms with Crippen molar-refractivity contribution in [1.29, 1.82) is 0 Å². The molecule has 0 bridgehead atoms. The average Bonchev–Trinajstić information content (AvgIpc) is 3.05. The molecule has 0 saturated carbocycles. The fourth-order valence-electron chi connectivity index (χ4n) is 4.26. The molecule has 1 atom stereocenters. The van der Waals surface area contributed by atoms with E-state index in [4.69, 9.17) is 9.72 Å². The van der Waals surface area contributed by atoms with Crippen molar-refractivity contribution in [3.63, 3.8) is 0 Å². The summed E-state index contributed by atoms with van der Waals surface area (Å²) in [5.41, 5.74) is 2.94. The van der Waals surface area contributed by atoms with Crippen molar-refractivity contribution in [3.8, 4) is 11.4 Å². The Morgan fingerprint density at radius 3 is 2.85 bits per heavy atom. The zero-order valence-corrected chi connectivity index (χ0v) is 14.9. The number of nitrogens with zero attached hydrogens (tertiary/aromatic N) is 2. The monoisotopic (exact) mass is 362 g/mol. The SMILES string of the molecule is CCC1(CO)C(=O)OCc2c1cc1n(c2=O)Cc2cc3ccccc3nc2-1. The van der Waals surface area contributed by atoms with Crippen LogP contribution in [0.25, 0.3) is 22.3 Å². The number of aromatic nitrogens is 2. The molecule has 2 aliphatic rings. The zero-order valence-electron chi connectivity index (χ0n) is 14.9. The van der Waals surface area contributed by atoms with Gasteiger partial charge in [0.15, 0.2) is 0 Å². The number of pyridine rings is 2. The van der Waals surface area contributed by atoms with Crippen LogP contribution < -0.4 is 5.56 Å². The fraction of sp³-hybridized carbons (Fsp3) is 0.286. The van der Waals surface area contributed by atoms with Gasteiger partial charge in [-0.1, -0.05) is 25.1 Å². The summed E-state index contributed by atoms with van der Waals surface area (Å²) in [7, 11) is 0. The van der Waals surface area contributed by atoms with Crippen LogP contribution in [0.1, 0.15) is 30.0 Å². The van der Waals surface area contributed by atoms with Crippen LogP contribution in [0.3, 0.4) is 0 Å². The van der Waals surface area contributed by atoms with Crippen LogP contribution in [-0.2, 0) is 28.1 Å². The molecular formula is C21H18N2O4. The maximum absolute atomic E-state index is 13.2. The van der Waals surface area contributed by atoms with E-state index in [1.807, 2.05) is 37.3 Å². The second kappa shape index (κ2) is 5.50. The zero-order chi connectivity index (χ0) is 18.8. The van der Waals surface area contributed by atoms with Gasteiger partial charge in [0.25, 0.3) is 5.56 Å². The predicted molar refractivity (Wildman–Crippen MR) is 99.4 cm³/mol. The summed E-state index contributed by atoms with van der Waals surface area (Å²) in [6.07, 6.45) is 0.357. The molecule has 0 amide bonds. The highest BCUT2D eigenvalue weighted by molar-refractivity contribution is 5.87. The summed E-state index contributed by atoms with van der Waals surface area (Å²) in [4.78, 5) is 30.4. The van der Waals surface area contributed by atoms with Crippen molar-refractivity contribution in [3.05, 3.63) is 63.4 Å². The minimum Gasteiger partial charge on any atom is -0.460 e. The van der Waals surface area contributed by atoms with Crippen molar-refractivity contribution in [2.75, 3.05) is 6.61 Å². The summed E-state index contributed by atoms with van der Waals surface area (Å²) in [6.45, 7) is 1.81. The van der Waals surface area contributed by atoms with Crippen LogP contribution in [0.4, 0.5) is 0 Å². The van der Waals surface area contributed by atoms with Gasteiger partial charge in [-0.3, -0.25) is 9.59 Å². The minimum atomic E-state index is -1.19. The normalized spacial score (nSPS) is 20.1. The van der Waals surface area contributed by atoms with Gasteiger partial charge in [0.05, 0.1) is 35.6 Å². The number of hydrogen-bond donors (Lipinski definition) is 1. The Morgan fingerprint density at radius 1 is 1.26 bits per heavy atom. The van der Waals surface area contributed by atoms with Crippen molar-refractivity contribution >= 4 is 16.9 Å². The van der Waals surface area contributed by atoms with E-state index < -0.39 is 18.0 Å². The number of benzene rings is 1. The first-order valence-corrected chi connectivity index (χ1v) is 9.03. The van der Waals surface area contributed by atoms with Crippen LogP contribution >= 0.6 is 0 Å². The summed E-state index contributed by atoms with van der Waals surface area (Å²) in [6, 6.07) is 11.7. The highest BCUT2D eigenvalue weighted by atomic mass is 16.5. The van der Waals surface area contributed by atoms with Gasteiger partial charge in [-0.05, 0) is 30.2 Å². The third-order valence-electron chi connectivity index (χ3n) is 5.90. The van der Waals surface area contributed by atoms with Crippen LogP contribution in [0, 0.1) is 0 Å². The Labute approximate surface area is 155 Å². The van der Waals surface area contributed by atoms with Gasteiger partial charge >= 0.3 is 5.97 Å². The minimum absolute atomic E-state index is 0.0548. The average molecular weight is 362 g/mol. The highest BCUT2D eigenvalue weighted by Gasteiger charge is 2.46. The summed E-state index contributed by atoms with van der Waals surface area (Å²) < 4.78 is 6.94. The van der Waals surface area contributed by atoms with E-state index >= 15 is 0 Å². The van der Waals surface area contributed by atoms with Crippen LogP contribution in [0.5, 0.6) is 0 Å². The number of fused-ring (bicyclic) bond motifs is 5. The lowest BCUT2D eigenvalue weighted by molar-refractivity contribution is -0.156. The van der Waals surface area contributed by atoms with Gasteiger partial charge in [-0.2, -0.15) is 0 Å². The molecule has 0 fully saturated rings. The molecule has 6 nitrogen and oxygen atoms in total. The van der Waals surface area contributed by atoms with Gasteiger partial charge in [-0.25, -0.2) is 4.98 Å². The topological polar surface area (TPSA) is 81.4 Å². The molecule has 1 aromatic carbocycles. The maximum Gasteiger partial charge on any atom is 0.319 e. The van der Waals surface area contributed by atoms with Gasteiger partial charge in [-0.15, -0.1) is 0 Å². The molecule has 0 radical (unpaired) electrons. The number of ether oxygens (including phenoxy) is 1. The molecule has 0 aliphatic carbocycles. The number of para-hydroxylation sites is 1. The van der Waals surface area contributed by atoms with Crippen molar-refractivity contribution < 1.29 is 14.6 Å². The maximum atomic E-state index is 13.2. The molecular weight excluding hydrogens is 344 g/mol. The molecule has 0 saturated heterocycles. The van der Waals surface area contributed by atoms with E-state index in [2.05, 4.69) is 6.07 Å². The van der Waals surface area contributed by atoms with Gasteiger partial charge in [0.2, 0.25) is 0 Å². The largest absolute Gasteiger partial charge is 0.460 e. The Bertz CT molecular complexity index is 1170. The molecule has 4 heterocycles. The first-order valence-electron chi connectivity index (χ1n) is 9.03. The van der Waals surface area contributed by atoms with Crippen molar-refractivity contribution in [1.82, 2.24) is 9.55 Å². The van der Waals surface area contributed by atoms with Crippen LogP contribution in [-0.4, -0.2) is 27.2 Å². The number of aliphatic hydroxyl groups excluding tert-OH is 1. The molecule has 5 rings (SSSR count). The summed E-state index contributed by atoms with van der Waals surface area (Å²) >= 11 is 0. The predicted octanol–water partition coefficient (Wildman–Crippen LogP) is 2.12. The number of carbonyl (C=O) groups excluding carboxylic acids is 1. The molecule has 1 unspecified atom stereocenters. The number of carbonyl (C=O) groups is 1. The molecule has 27 heavy (non-hydrogen) atoms. The van der Waals surface area contributed by atoms with E-state index in [9.17, 15) is 14.7 Å². The third kappa shape index (κ3) is 2.01. The lowest BCUT2D eigenvalue weighted by Gasteiger charge is -2.34. The molecule has 1 N–H and O–H groups in total. The van der Waals surface area contributed by atoms with Gasteiger partial charge < -0.3 is 14.4 Å². The lowest BCUT2D eigenvalue weighted by Crippen LogP contribution is -2.47. The highest BCUT2D eigenvalue weighted by Crippen LogP contribution is 2.39. The first-order chi connectivity index (χ1) is 13.1. The Hall–Kier alpha value is -2.99. The first kappa shape index (κ1) is 16.2. The standard InChI is InChI=1S/C21H18N2O4/c1-2-21(11-24)15-8-17-18-13(7-12-5-3-4-6-16(12)22-18)9-23(17)19(25)14(15)10-27-20(21)26/h3-8,24H,2,9-11H2,1H3. The molecule has 2 aliphatic heterocycles. The number of hydrogen-bond acceptors (Lipinski definition) is 5. The van der Waals surface area contributed by atoms with Gasteiger partial charge in [0, 0.05) is 10.9 Å². The van der Waals surface area contributed by atoms with E-state index in [1.54, 1.807) is 4.57 Å². The number of esters is 1. The smallest absolute Gasteiger partial charge is 0.319 e. The molecule has 0 spiro atoms. The molecule has 136 valence electrons. The Morgan fingerprint density at radius 2 is 2.07 bits per heavy atom. The van der Waals surface area contributed by atoms with E-state index in [-0.39, 0.29) is 12.2 Å². The quantitative estimate of drug-likeness (QED) is 0.553. The van der Waals surface area contributed by atoms with Gasteiger partial charge in [0.1, 0.15) is 12.0 Å².